The number of thioether (sulfide) groups is 1. The maximum Gasteiger partial charge on any atom is 0.410 e. The minimum absolute atomic E-state index is 0.0226. The normalized spacial score (nSPS) is 16.3. The zero-order chi connectivity index (χ0) is 43.8. The Morgan fingerprint density at radius 1 is 0.950 bits per heavy atom. The van der Waals surface area contributed by atoms with Gasteiger partial charge in [-0.05, 0) is 102 Å². The quantitative estimate of drug-likeness (QED) is 0.0880. The summed E-state index contributed by atoms with van der Waals surface area (Å²) in [4.78, 5) is 54.4. The van der Waals surface area contributed by atoms with Crippen LogP contribution in [0, 0.1) is 5.82 Å². The van der Waals surface area contributed by atoms with Crippen LogP contribution in [0.15, 0.2) is 76.4 Å². The van der Waals surface area contributed by atoms with Gasteiger partial charge in [-0.15, -0.1) is 11.8 Å². The fourth-order valence-corrected chi connectivity index (χ4v) is 7.64. The van der Waals surface area contributed by atoms with Crippen LogP contribution >= 0.6 is 23.4 Å². The average Bonchev–Trinajstić information content (AvgIpc) is 3.15. The summed E-state index contributed by atoms with van der Waals surface area (Å²) in [6.07, 6.45) is -2.84. The van der Waals surface area contributed by atoms with Crippen LogP contribution < -0.4 is 25.7 Å². The van der Waals surface area contributed by atoms with Gasteiger partial charge in [-0.25, -0.2) is 14.0 Å². The molecule has 324 valence electrons. The maximum atomic E-state index is 14.3. The van der Waals surface area contributed by atoms with E-state index < -0.39 is 58.3 Å². The third-order valence-corrected chi connectivity index (χ3v) is 10.5. The summed E-state index contributed by atoms with van der Waals surface area (Å²) in [5.41, 5.74) is -0.844. The third-order valence-electron chi connectivity index (χ3n) is 8.93. The standard InChI is InChI=1S/C43H52ClFN4O10S/c1-42(2,3)58-40(54)47-19-9-21-48(41(55)59-43(4,5)6)20-8-18-46-33(50)25-56-29-16-17-31-32(23-29)49(24-26-12-14-28(45)15-13-26)38(52)34-35(51)37(39(53)57-36(31)34)60-30-11-7-10-27(44)22-30/h7,10-17,22-23,35,37,39,51,53H,8-9,18-21,24-25H2,1-6H3,(H,46,50)(H,47,54)/p+1. The molecular formula is C43H53ClFN4O10S+. The van der Waals surface area contributed by atoms with Crippen molar-refractivity contribution < 1.29 is 47.9 Å². The number of aliphatic hydroxyl groups excluding tert-OH is 1. The largest absolute Gasteiger partial charge is 0.484 e. The molecule has 60 heavy (non-hydrogen) atoms. The van der Waals surface area contributed by atoms with E-state index in [2.05, 4.69) is 10.6 Å². The van der Waals surface area contributed by atoms with E-state index in [0.717, 1.165) is 0 Å². The molecule has 5 N–H and O–H groups in total. The molecule has 5 rings (SSSR count). The average molecular weight is 872 g/mol. The number of fused-ring (bicyclic) bond motifs is 3. The minimum Gasteiger partial charge on any atom is -0.484 e. The number of halogens is 2. The second-order valence-corrected chi connectivity index (χ2v) is 17.9. The van der Waals surface area contributed by atoms with E-state index in [0.29, 0.717) is 45.8 Å². The van der Waals surface area contributed by atoms with Gasteiger partial charge in [0.15, 0.2) is 6.61 Å². The minimum atomic E-state index is -1.43. The topological polar surface area (TPSA) is 181 Å². The molecule has 17 heteroatoms. The summed E-state index contributed by atoms with van der Waals surface area (Å²) in [6, 6.07) is 17.5. The van der Waals surface area contributed by atoms with Crippen molar-refractivity contribution in [1.29, 1.82) is 0 Å². The van der Waals surface area contributed by atoms with Crippen molar-refractivity contribution in [3.63, 3.8) is 0 Å². The number of hydrogen-bond acceptors (Lipinski definition) is 10. The first-order chi connectivity index (χ1) is 28.3. The first-order valence-corrected chi connectivity index (χ1v) is 20.8. The summed E-state index contributed by atoms with van der Waals surface area (Å²) in [5.74, 6) is -0.532. The van der Waals surface area contributed by atoms with Crippen LogP contribution in [0.25, 0.3) is 10.9 Å². The van der Waals surface area contributed by atoms with E-state index in [9.17, 15) is 33.8 Å². The fourth-order valence-electron chi connectivity index (χ4n) is 6.28. The Morgan fingerprint density at radius 3 is 2.27 bits per heavy atom. The highest BCUT2D eigenvalue weighted by Gasteiger charge is 2.44. The predicted molar refractivity (Wildman–Crippen MR) is 228 cm³/mol. The van der Waals surface area contributed by atoms with Gasteiger partial charge in [-0.2, -0.15) is 0 Å². The molecule has 1 aromatic heterocycles. The van der Waals surface area contributed by atoms with Gasteiger partial charge in [0.05, 0.1) is 12.1 Å². The molecule has 0 saturated heterocycles. The lowest BCUT2D eigenvalue weighted by molar-refractivity contribution is -0.123. The molecule has 1 aliphatic rings. The number of aliphatic hydroxyl groups is 1. The van der Waals surface area contributed by atoms with Crippen molar-refractivity contribution in [3.05, 3.63) is 99.1 Å². The molecule has 0 fully saturated rings. The zero-order valence-corrected chi connectivity index (χ0v) is 36.1. The Morgan fingerprint density at radius 2 is 1.62 bits per heavy atom. The molecule has 0 aliphatic carbocycles. The molecule has 0 spiro atoms. The molecule has 3 atom stereocenters. The number of hydrogen-bond donors (Lipinski definition) is 3. The van der Waals surface area contributed by atoms with E-state index in [4.69, 9.17) is 30.5 Å². The van der Waals surface area contributed by atoms with E-state index in [-0.39, 0.29) is 49.8 Å². The number of pyridine rings is 1. The van der Waals surface area contributed by atoms with Crippen LogP contribution in [0.1, 0.15) is 71.6 Å². The predicted octanol–water partition coefficient (Wildman–Crippen LogP) is 6.52. The number of nitrogens with one attached hydrogen (secondary N) is 2. The number of ether oxygens (including phenoxy) is 4. The number of carbonyl (C=O) groups excluding carboxylic acids is 3. The summed E-state index contributed by atoms with van der Waals surface area (Å²) < 4.78 is 37.9. The molecule has 0 bridgehead atoms. The van der Waals surface area contributed by atoms with Crippen molar-refractivity contribution in [3.8, 4) is 11.5 Å². The Balaban J connectivity index is 1.26. The van der Waals surface area contributed by atoms with Crippen molar-refractivity contribution in [2.45, 2.75) is 94.7 Å². The van der Waals surface area contributed by atoms with Gasteiger partial charge in [0.2, 0.25) is 12.4 Å². The lowest BCUT2D eigenvalue weighted by Crippen LogP contribution is -2.42. The van der Waals surface area contributed by atoms with Crippen molar-refractivity contribution in [2.24, 2.45) is 0 Å². The summed E-state index contributed by atoms with van der Waals surface area (Å²) in [5, 5.41) is 25.8. The lowest BCUT2D eigenvalue weighted by Gasteiger charge is -2.32. The number of benzene rings is 3. The molecule has 0 saturated carbocycles. The van der Waals surface area contributed by atoms with Gasteiger partial charge in [0, 0.05) is 47.5 Å². The van der Waals surface area contributed by atoms with Crippen molar-refractivity contribution in [1.82, 2.24) is 20.1 Å². The van der Waals surface area contributed by atoms with Gasteiger partial charge < -0.3 is 49.3 Å². The molecule has 1 aliphatic heterocycles. The summed E-state index contributed by atoms with van der Waals surface area (Å²) in [7, 11) is 0. The molecule has 4 aromatic rings. The van der Waals surface area contributed by atoms with E-state index in [1.807, 2.05) is 0 Å². The molecule has 0 radical (unpaired) electrons. The van der Waals surface area contributed by atoms with E-state index in [1.54, 1.807) is 96.1 Å². The summed E-state index contributed by atoms with van der Waals surface area (Å²) in [6.45, 7) is 11.4. The molecule has 2 heterocycles. The van der Waals surface area contributed by atoms with Gasteiger partial charge >= 0.3 is 12.2 Å². The number of alkyl carbamates (subject to hydrolysis) is 1. The van der Waals surface area contributed by atoms with Crippen LogP contribution in [0.2, 0.25) is 5.02 Å². The number of rotatable bonds is 15. The number of amides is 3. The Hall–Kier alpha value is -5.03. The first kappa shape index (κ1) is 46.0. The number of aromatic nitrogens is 1. The monoisotopic (exact) mass is 871 g/mol. The second kappa shape index (κ2) is 20.0. The van der Waals surface area contributed by atoms with E-state index in [1.165, 1.54) is 33.4 Å². The molecular weight excluding hydrogens is 819 g/mol. The lowest BCUT2D eigenvalue weighted by atomic mass is 9.99. The maximum absolute atomic E-state index is 14.3. The Labute approximate surface area is 357 Å². The van der Waals surface area contributed by atoms with Crippen molar-refractivity contribution >= 4 is 52.4 Å². The Bertz CT molecular complexity index is 2210. The third kappa shape index (κ3) is 13.0. The number of carbonyl (C=O) groups is 3. The molecule has 3 unspecified atom stereocenters. The first-order valence-electron chi connectivity index (χ1n) is 19.6. The van der Waals surface area contributed by atoms with Gasteiger partial charge in [-0.1, -0.05) is 29.8 Å². The second-order valence-electron chi connectivity index (χ2n) is 16.2. The SMILES string of the molecule is CC(C)(C)OC(=O)NCCCN(CCCNC(=O)COc1ccc2c3c(c(=O)n(Cc4ccc(F)cc4)c2c1)C([OH2+])C(Sc1cccc(Cl)c1)C(O)O3)C(=O)OC(C)(C)C. The van der Waals surface area contributed by atoms with Gasteiger partial charge in [0.25, 0.3) is 11.5 Å². The number of nitrogens with zero attached hydrogens (tertiary/aromatic N) is 2. The van der Waals surface area contributed by atoms with Crippen LogP contribution in [0.3, 0.4) is 0 Å². The van der Waals surface area contributed by atoms with Crippen LogP contribution in [-0.4, -0.2) is 93.3 Å². The highest BCUT2D eigenvalue weighted by Crippen LogP contribution is 2.44. The summed E-state index contributed by atoms with van der Waals surface area (Å²) >= 11 is 7.36. The van der Waals surface area contributed by atoms with Gasteiger partial charge in [0.1, 0.15) is 39.3 Å². The Kier molecular flexibility index (Phi) is 15.4. The van der Waals surface area contributed by atoms with Crippen LogP contribution in [0.4, 0.5) is 14.0 Å². The fraction of sp³-hybridized carbons (Fsp3) is 0.442. The van der Waals surface area contributed by atoms with Crippen molar-refractivity contribution in [2.75, 3.05) is 32.8 Å². The molecule has 3 amide bonds. The van der Waals surface area contributed by atoms with Gasteiger partial charge in [-0.3, -0.25) is 9.59 Å². The smallest absolute Gasteiger partial charge is 0.410 e. The van der Waals surface area contributed by atoms with E-state index >= 15 is 0 Å². The van der Waals surface area contributed by atoms with Crippen LogP contribution in [0.5, 0.6) is 11.5 Å². The molecule has 3 aromatic carbocycles. The highest BCUT2D eigenvalue weighted by atomic mass is 35.5. The van der Waals surface area contributed by atoms with Crippen LogP contribution in [-0.2, 0) is 20.8 Å². The molecule has 14 nitrogen and oxygen atoms in total. The zero-order valence-electron chi connectivity index (χ0n) is 34.5. The highest BCUT2D eigenvalue weighted by molar-refractivity contribution is 8.00.